The molecule has 0 bridgehead atoms. The number of allylic oxidation sites excluding steroid dienone is 16. The molecule has 0 saturated carbocycles. The van der Waals surface area contributed by atoms with Gasteiger partial charge < -0.3 is 10.6 Å². The minimum atomic E-state index is 0.298. The first kappa shape index (κ1) is 38.8. The fourth-order valence-corrected chi connectivity index (χ4v) is 7.56. The van der Waals surface area contributed by atoms with Crippen LogP contribution >= 0.6 is 0 Å². The van der Waals surface area contributed by atoms with Gasteiger partial charge >= 0.3 is 0 Å². The van der Waals surface area contributed by atoms with Crippen LogP contribution in [0, 0.1) is 11.8 Å². The van der Waals surface area contributed by atoms with E-state index < -0.39 is 0 Å². The highest BCUT2D eigenvalue weighted by molar-refractivity contribution is 6.02. The van der Waals surface area contributed by atoms with E-state index >= 15 is 0 Å². The maximum atomic E-state index is 4.91. The minimum Gasteiger partial charge on any atom is -0.305 e. The van der Waals surface area contributed by atoms with E-state index in [1.807, 2.05) is 0 Å². The van der Waals surface area contributed by atoms with Gasteiger partial charge in [0.05, 0.1) is 22.8 Å². The molecule has 0 fully saturated rings. The summed E-state index contributed by atoms with van der Waals surface area (Å²) in [6.45, 7) is 4.38. The van der Waals surface area contributed by atoms with E-state index in [9.17, 15) is 0 Å². The molecule has 0 aliphatic heterocycles. The first-order valence-corrected chi connectivity index (χ1v) is 20.9. The average molecular weight is 763 g/mol. The highest BCUT2D eigenvalue weighted by Crippen LogP contribution is 2.22. The summed E-state index contributed by atoms with van der Waals surface area (Å²) in [6.07, 6.45) is 49.6. The zero-order valence-corrected chi connectivity index (χ0v) is 33.7. The minimum absolute atomic E-state index is 0.298. The third-order valence-electron chi connectivity index (χ3n) is 11.0. The molecule has 6 heteroatoms. The fraction of sp³-hybridized carbons (Fsp3) is 0.231. The predicted octanol–water partition coefficient (Wildman–Crippen LogP) is 9.26. The second-order valence-electron chi connectivity index (χ2n) is 15.7. The number of hydrogen-bond acceptors (Lipinski definition) is 4. The second kappa shape index (κ2) is 18.9. The molecular formula is C52H54N6+2. The Balaban J connectivity index is 0.750. The lowest BCUT2D eigenvalue weighted by Gasteiger charge is -2.17. The molecule has 0 radical (unpaired) electrons. The molecule has 6 aliphatic carbocycles. The summed E-state index contributed by atoms with van der Waals surface area (Å²) in [5.41, 5.74) is 13.4. The van der Waals surface area contributed by atoms with Crippen molar-refractivity contribution in [2.24, 2.45) is 31.8 Å². The molecule has 4 N–H and O–H groups in total. The third-order valence-corrected chi connectivity index (χ3v) is 11.0. The molecule has 6 nitrogen and oxygen atoms in total. The van der Waals surface area contributed by atoms with Crippen LogP contribution in [0.5, 0.6) is 0 Å². The molecule has 290 valence electrons. The Labute approximate surface area is 343 Å². The van der Waals surface area contributed by atoms with Gasteiger partial charge in [-0.25, -0.2) is 0 Å². The van der Waals surface area contributed by atoms with Crippen molar-refractivity contribution >= 4 is 34.2 Å². The van der Waals surface area contributed by atoms with Gasteiger partial charge in [0.2, 0.25) is 0 Å². The summed E-state index contributed by atoms with van der Waals surface area (Å²) >= 11 is 0. The standard InChI is InChI=1S/C52H52N6/c1-3-38-6-14-42(15-7-38)54-46-22-30-50(31-23-46)58-52-34-26-48(27-35-52)56-44-18-10-40(11-19-44)36-39-8-16-43(17-9-39)55-47-24-32-51(33-25-47)57-49-28-20-45(21-29-49)53-41-12-4-37(2)5-13-41/h4-22,24,26-28,30-34,37,40-41,44,53,56H,3,23,25,29,35-36H2,1-2H3/p+2. The van der Waals surface area contributed by atoms with Gasteiger partial charge in [-0.15, -0.1) is 0 Å². The first-order chi connectivity index (χ1) is 28.5. The van der Waals surface area contributed by atoms with Crippen LogP contribution in [-0.4, -0.2) is 34.9 Å². The van der Waals surface area contributed by atoms with Crippen molar-refractivity contribution in [3.8, 4) is 0 Å². The number of benzene rings is 2. The van der Waals surface area contributed by atoms with Gasteiger partial charge in [-0.2, -0.15) is 0 Å². The number of aliphatic imine (C=N–C) groups is 4. The quantitative estimate of drug-likeness (QED) is 0.214. The van der Waals surface area contributed by atoms with Gasteiger partial charge in [0.15, 0.2) is 0 Å². The molecule has 58 heavy (non-hydrogen) atoms. The van der Waals surface area contributed by atoms with E-state index in [4.69, 9.17) is 20.0 Å². The zero-order valence-electron chi connectivity index (χ0n) is 33.7. The van der Waals surface area contributed by atoms with E-state index in [1.165, 1.54) is 22.5 Å². The van der Waals surface area contributed by atoms with Crippen LogP contribution < -0.4 is 10.6 Å². The summed E-state index contributed by atoms with van der Waals surface area (Å²) in [4.78, 5) is 19.5. The van der Waals surface area contributed by atoms with E-state index in [2.05, 4.69) is 195 Å². The van der Waals surface area contributed by atoms with Crippen LogP contribution in [0.4, 0.5) is 11.4 Å². The smallest absolute Gasteiger partial charge is 0.128 e. The van der Waals surface area contributed by atoms with Gasteiger partial charge in [-0.3, -0.25) is 20.0 Å². The van der Waals surface area contributed by atoms with Gasteiger partial charge in [0.25, 0.3) is 0 Å². The van der Waals surface area contributed by atoms with Crippen LogP contribution in [0.15, 0.2) is 213 Å². The number of hydrogen-bond donors (Lipinski definition) is 2. The average Bonchev–Trinajstić information content (AvgIpc) is 3.26. The maximum absolute atomic E-state index is 4.91. The monoisotopic (exact) mass is 762 g/mol. The normalized spacial score (nSPS) is 26.4. The summed E-state index contributed by atoms with van der Waals surface area (Å²) in [6, 6.07) is 17.9. The molecule has 6 aliphatic rings. The van der Waals surface area contributed by atoms with Crippen molar-refractivity contribution < 1.29 is 10.6 Å². The summed E-state index contributed by atoms with van der Waals surface area (Å²) < 4.78 is 0. The topological polar surface area (TPSA) is 82.7 Å². The van der Waals surface area contributed by atoms with Gasteiger partial charge in [-0.05, 0) is 133 Å². The first-order valence-electron chi connectivity index (χ1n) is 20.9. The molecule has 0 saturated heterocycles. The van der Waals surface area contributed by atoms with Crippen molar-refractivity contribution in [2.75, 3.05) is 0 Å². The maximum Gasteiger partial charge on any atom is 0.128 e. The summed E-state index contributed by atoms with van der Waals surface area (Å²) in [5, 5.41) is 4.65. The number of nitrogens with two attached hydrogens (primary N) is 2. The van der Waals surface area contributed by atoms with E-state index in [0.29, 0.717) is 23.9 Å². The molecule has 2 aromatic rings. The Morgan fingerprint density at radius 2 is 0.897 bits per heavy atom. The van der Waals surface area contributed by atoms with Crippen molar-refractivity contribution in [2.45, 2.75) is 64.5 Å². The van der Waals surface area contributed by atoms with Gasteiger partial charge in [-0.1, -0.05) is 74.6 Å². The molecule has 0 atom stereocenters. The van der Waals surface area contributed by atoms with Crippen LogP contribution in [0.1, 0.15) is 50.7 Å². The molecule has 2 aromatic carbocycles. The molecule has 8 rings (SSSR count). The number of aryl methyl sites for hydroxylation is 1. The van der Waals surface area contributed by atoms with Gasteiger partial charge in [0, 0.05) is 60.7 Å². The van der Waals surface area contributed by atoms with E-state index in [-0.39, 0.29) is 0 Å². The van der Waals surface area contributed by atoms with E-state index in [1.54, 1.807) is 0 Å². The van der Waals surface area contributed by atoms with Crippen molar-refractivity contribution in [1.29, 1.82) is 0 Å². The molecule has 0 aromatic heterocycles. The van der Waals surface area contributed by atoms with E-state index in [0.717, 1.165) is 84.1 Å². The second-order valence-corrected chi connectivity index (χ2v) is 15.7. The third kappa shape index (κ3) is 11.1. The Morgan fingerprint density at radius 3 is 1.33 bits per heavy atom. The Kier molecular flexibility index (Phi) is 12.6. The molecule has 0 unspecified atom stereocenters. The van der Waals surface area contributed by atoms with Crippen molar-refractivity contribution in [3.63, 3.8) is 0 Å². The van der Waals surface area contributed by atoms with Crippen LogP contribution in [0.25, 0.3) is 0 Å². The lowest BCUT2D eigenvalue weighted by atomic mass is 9.93. The Hall–Kier alpha value is -6.08. The molecular weight excluding hydrogens is 709 g/mol. The SMILES string of the molecule is CCc1ccc(N=C2C=CC(N=C3C=CC([NH2+]C4C=CC(Cc5ccc(N=C6C=CC(N=C7C=CC([NH2+]C8C=CC(C)C=C8)=CC7)=CC6)cc5)C=C4)=CC3)=CC2)cc1. The fourth-order valence-electron chi connectivity index (χ4n) is 7.56. The molecule has 0 heterocycles. The molecule has 0 amide bonds. The highest BCUT2D eigenvalue weighted by Gasteiger charge is 2.17. The lowest BCUT2D eigenvalue weighted by Crippen LogP contribution is -2.87. The lowest BCUT2D eigenvalue weighted by molar-refractivity contribution is -0.618. The Bertz CT molecular complexity index is 2330. The van der Waals surface area contributed by atoms with Crippen molar-refractivity contribution in [1.82, 2.24) is 0 Å². The molecule has 0 spiro atoms. The van der Waals surface area contributed by atoms with Gasteiger partial charge in [0.1, 0.15) is 23.5 Å². The van der Waals surface area contributed by atoms with Crippen LogP contribution in [0.2, 0.25) is 0 Å². The summed E-state index contributed by atoms with van der Waals surface area (Å²) in [5.74, 6) is 0.922. The van der Waals surface area contributed by atoms with Crippen LogP contribution in [-0.2, 0) is 12.8 Å². The highest BCUT2D eigenvalue weighted by atomic mass is 14.9. The Morgan fingerprint density at radius 1 is 0.466 bits per heavy atom. The summed E-state index contributed by atoms with van der Waals surface area (Å²) in [7, 11) is 0. The largest absolute Gasteiger partial charge is 0.305 e. The van der Waals surface area contributed by atoms with Crippen molar-refractivity contribution in [3.05, 3.63) is 204 Å². The zero-order chi connectivity index (χ0) is 39.5. The number of quaternary nitrogens is 2. The number of nitrogens with zero attached hydrogens (tertiary/aromatic N) is 4. The predicted molar refractivity (Wildman–Crippen MR) is 243 cm³/mol. The van der Waals surface area contributed by atoms with Crippen LogP contribution in [0.3, 0.4) is 0 Å². The number of rotatable bonds is 11.